The van der Waals surface area contributed by atoms with E-state index >= 15 is 0 Å². The highest BCUT2D eigenvalue weighted by Crippen LogP contribution is 2.25. The van der Waals surface area contributed by atoms with Gasteiger partial charge in [-0.15, -0.1) is 0 Å². The van der Waals surface area contributed by atoms with Crippen LogP contribution in [0.2, 0.25) is 0 Å². The van der Waals surface area contributed by atoms with Crippen LogP contribution >= 0.6 is 0 Å². The fourth-order valence-electron chi connectivity index (χ4n) is 2.90. The maximum absolute atomic E-state index is 12.4. The van der Waals surface area contributed by atoms with Crippen LogP contribution in [0.3, 0.4) is 0 Å². The number of rotatable bonds is 8. The zero-order valence-corrected chi connectivity index (χ0v) is 15.2. The molecule has 136 valence electrons. The van der Waals surface area contributed by atoms with Crippen LogP contribution in [0.1, 0.15) is 6.42 Å². The molecule has 0 aliphatic rings. The van der Waals surface area contributed by atoms with Crippen molar-refractivity contribution in [3.05, 3.63) is 60.8 Å². The Labute approximate surface area is 153 Å². The Morgan fingerprint density at radius 1 is 1.04 bits per heavy atom. The van der Waals surface area contributed by atoms with E-state index in [0.717, 1.165) is 5.52 Å². The van der Waals surface area contributed by atoms with E-state index in [0.29, 0.717) is 37.6 Å². The van der Waals surface area contributed by atoms with Gasteiger partial charge in [-0.25, -0.2) is 0 Å². The highest BCUT2D eigenvalue weighted by atomic mass is 16.5. The minimum atomic E-state index is 0.103. The molecule has 0 fully saturated rings. The van der Waals surface area contributed by atoms with E-state index in [2.05, 4.69) is 22.8 Å². The molecule has 0 aliphatic heterocycles. The average molecular weight is 352 g/mol. The molecule has 0 bridgehead atoms. The summed E-state index contributed by atoms with van der Waals surface area (Å²) in [5.41, 5.74) is 1.16. The first kappa shape index (κ1) is 17.9. The molecule has 2 aromatic carbocycles. The summed E-state index contributed by atoms with van der Waals surface area (Å²) in [6.45, 7) is 1.63. The molecule has 26 heavy (non-hydrogen) atoms. The molecule has 0 atom stereocenters. The highest BCUT2D eigenvalue weighted by molar-refractivity contribution is 5.80. The predicted octanol–water partition coefficient (Wildman–Crippen LogP) is 3.58. The van der Waals surface area contributed by atoms with E-state index in [9.17, 15) is 4.79 Å². The number of nitrogens with zero attached hydrogens (tertiary/aromatic N) is 2. The van der Waals surface area contributed by atoms with Gasteiger partial charge in [0, 0.05) is 31.7 Å². The molecule has 1 heterocycles. The fourth-order valence-corrected chi connectivity index (χ4v) is 2.90. The minimum absolute atomic E-state index is 0.103. The Morgan fingerprint density at radius 3 is 2.58 bits per heavy atom. The molecule has 0 spiro atoms. The van der Waals surface area contributed by atoms with Gasteiger partial charge in [0.25, 0.3) is 0 Å². The van der Waals surface area contributed by atoms with Crippen LogP contribution in [-0.4, -0.2) is 42.7 Å². The Hall–Kier alpha value is -2.95. The van der Waals surface area contributed by atoms with E-state index in [1.54, 1.807) is 12.0 Å². The average Bonchev–Trinajstić information content (AvgIpc) is 3.09. The molecule has 1 aromatic heterocycles. The lowest BCUT2D eigenvalue weighted by Crippen LogP contribution is -2.31. The van der Waals surface area contributed by atoms with Crippen molar-refractivity contribution < 1.29 is 14.3 Å². The summed E-state index contributed by atoms with van der Waals surface area (Å²) in [5, 5.41) is 1.19. The van der Waals surface area contributed by atoms with Crippen molar-refractivity contribution in [2.75, 3.05) is 27.3 Å². The molecular weight excluding hydrogens is 328 g/mol. The summed E-state index contributed by atoms with van der Waals surface area (Å²) in [5.74, 6) is 1.49. The molecule has 5 heteroatoms. The maximum atomic E-state index is 12.4. The second kappa shape index (κ2) is 8.43. The smallest absolute Gasteiger partial charge is 0.224 e. The molecule has 3 rings (SSSR count). The van der Waals surface area contributed by atoms with Crippen LogP contribution in [0.25, 0.3) is 10.9 Å². The summed E-state index contributed by atoms with van der Waals surface area (Å²) in [7, 11) is 3.42. The number of aryl methyl sites for hydroxylation is 1. The van der Waals surface area contributed by atoms with Crippen LogP contribution < -0.4 is 9.47 Å². The van der Waals surface area contributed by atoms with Crippen LogP contribution in [0.5, 0.6) is 11.5 Å². The first-order valence-electron chi connectivity index (χ1n) is 8.72. The number of fused-ring (bicyclic) bond motifs is 1. The van der Waals surface area contributed by atoms with E-state index in [1.165, 1.54) is 5.39 Å². The quantitative estimate of drug-likeness (QED) is 0.622. The fraction of sp³-hybridized carbons (Fsp3) is 0.286. The van der Waals surface area contributed by atoms with Crippen molar-refractivity contribution in [2.45, 2.75) is 13.0 Å². The van der Waals surface area contributed by atoms with Gasteiger partial charge in [-0.2, -0.15) is 0 Å². The summed E-state index contributed by atoms with van der Waals surface area (Å²) >= 11 is 0. The van der Waals surface area contributed by atoms with Gasteiger partial charge in [-0.3, -0.25) is 4.79 Å². The number of amides is 1. The van der Waals surface area contributed by atoms with Gasteiger partial charge < -0.3 is 18.9 Å². The van der Waals surface area contributed by atoms with Crippen molar-refractivity contribution in [1.29, 1.82) is 0 Å². The van der Waals surface area contributed by atoms with Crippen LogP contribution in [0.4, 0.5) is 0 Å². The molecule has 0 unspecified atom stereocenters. The van der Waals surface area contributed by atoms with Gasteiger partial charge in [-0.1, -0.05) is 30.3 Å². The Bertz CT molecular complexity index is 872. The van der Waals surface area contributed by atoms with Crippen molar-refractivity contribution in [1.82, 2.24) is 9.47 Å². The lowest BCUT2D eigenvalue weighted by Gasteiger charge is -2.18. The van der Waals surface area contributed by atoms with Gasteiger partial charge in [0.1, 0.15) is 6.61 Å². The monoisotopic (exact) mass is 352 g/mol. The molecule has 0 aliphatic carbocycles. The lowest BCUT2D eigenvalue weighted by atomic mass is 10.2. The zero-order valence-electron chi connectivity index (χ0n) is 15.2. The Kier molecular flexibility index (Phi) is 5.79. The van der Waals surface area contributed by atoms with Crippen molar-refractivity contribution in [2.24, 2.45) is 0 Å². The van der Waals surface area contributed by atoms with Gasteiger partial charge in [-0.05, 0) is 29.7 Å². The lowest BCUT2D eigenvalue weighted by molar-refractivity contribution is -0.130. The van der Waals surface area contributed by atoms with Gasteiger partial charge >= 0.3 is 0 Å². The summed E-state index contributed by atoms with van der Waals surface area (Å²) in [6.07, 6.45) is 2.49. The largest absolute Gasteiger partial charge is 0.493 e. The second-order valence-corrected chi connectivity index (χ2v) is 6.13. The number of carbonyl (C=O) groups excluding carboxylic acids is 1. The van der Waals surface area contributed by atoms with Crippen molar-refractivity contribution >= 4 is 16.8 Å². The van der Waals surface area contributed by atoms with Gasteiger partial charge in [0.05, 0.1) is 13.7 Å². The molecule has 0 saturated carbocycles. The third-order valence-corrected chi connectivity index (χ3v) is 4.43. The summed E-state index contributed by atoms with van der Waals surface area (Å²) < 4.78 is 13.1. The van der Waals surface area contributed by atoms with Crippen LogP contribution in [0, 0.1) is 0 Å². The number of aromatic nitrogens is 1. The molecule has 1 amide bonds. The van der Waals surface area contributed by atoms with E-state index in [-0.39, 0.29) is 5.91 Å². The number of ether oxygens (including phenoxy) is 2. The van der Waals surface area contributed by atoms with Crippen LogP contribution in [0.15, 0.2) is 60.8 Å². The molecule has 0 N–H and O–H groups in total. The first-order valence-corrected chi connectivity index (χ1v) is 8.72. The number of likely N-dealkylation sites (N-methyl/N-ethyl adjacent to an activating group) is 1. The normalized spacial score (nSPS) is 10.7. The second-order valence-electron chi connectivity index (χ2n) is 6.13. The third-order valence-electron chi connectivity index (χ3n) is 4.43. The molecule has 0 radical (unpaired) electrons. The molecule has 3 aromatic rings. The minimum Gasteiger partial charge on any atom is -0.493 e. The Morgan fingerprint density at radius 2 is 1.77 bits per heavy atom. The zero-order chi connectivity index (χ0) is 18.4. The Balaban J connectivity index is 1.47. The number of hydrogen-bond acceptors (Lipinski definition) is 3. The first-order chi connectivity index (χ1) is 12.7. The molecular formula is C21H24N2O3. The van der Waals surface area contributed by atoms with Gasteiger partial charge in [0.2, 0.25) is 5.91 Å². The van der Waals surface area contributed by atoms with Crippen molar-refractivity contribution in [3.63, 3.8) is 0 Å². The van der Waals surface area contributed by atoms with E-state index in [4.69, 9.17) is 9.47 Å². The number of carbonyl (C=O) groups is 1. The van der Waals surface area contributed by atoms with Crippen LogP contribution in [-0.2, 0) is 11.3 Å². The SMILES string of the molecule is COc1ccccc1OCCN(C)C(=O)CCn1ccc2ccccc21. The van der Waals surface area contributed by atoms with Crippen molar-refractivity contribution in [3.8, 4) is 11.5 Å². The number of methoxy groups -OCH3 is 1. The predicted molar refractivity (Wildman–Crippen MR) is 103 cm³/mol. The maximum Gasteiger partial charge on any atom is 0.224 e. The standard InChI is InChI=1S/C21H24N2O3/c1-22(15-16-26-20-10-6-5-9-19(20)25-2)21(24)12-14-23-13-11-17-7-3-4-8-18(17)23/h3-11,13H,12,14-16H2,1-2H3. The third kappa shape index (κ3) is 4.17. The van der Waals surface area contributed by atoms with Gasteiger partial charge in [0.15, 0.2) is 11.5 Å². The molecule has 0 saturated heterocycles. The number of para-hydroxylation sites is 3. The topological polar surface area (TPSA) is 43.7 Å². The van der Waals surface area contributed by atoms with E-state index in [1.807, 2.05) is 49.6 Å². The number of hydrogen-bond donors (Lipinski definition) is 0. The summed E-state index contributed by atoms with van der Waals surface area (Å²) in [4.78, 5) is 14.1. The molecule has 5 nitrogen and oxygen atoms in total. The van der Waals surface area contributed by atoms with E-state index < -0.39 is 0 Å². The summed E-state index contributed by atoms with van der Waals surface area (Å²) in [6, 6.07) is 17.8. The highest BCUT2D eigenvalue weighted by Gasteiger charge is 2.10. The number of benzene rings is 2.